The standard InChI is InChI=1S/C11H9N5O2/c12-4-6-1-2-8(7(13)3-6)18-11-9(14)10(17)15-5-16-11/h1-3,5H,13-14H2,(H,15,16,17). The highest BCUT2D eigenvalue weighted by atomic mass is 16.5. The Balaban J connectivity index is 2.38. The first-order chi connectivity index (χ1) is 8.61. The molecule has 0 radical (unpaired) electrons. The minimum atomic E-state index is -0.493. The normalized spacial score (nSPS) is 9.72. The van der Waals surface area contributed by atoms with Crippen molar-refractivity contribution in [3.63, 3.8) is 0 Å². The van der Waals surface area contributed by atoms with Crippen molar-refractivity contribution in [2.24, 2.45) is 0 Å². The highest BCUT2D eigenvalue weighted by Crippen LogP contribution is 2.28. The molecule has 0 saturated heterocycles. The van der Waals surface area contributed by atoms with Gasteiger partial charge in [-0.15, -0.1) is 0 Å². The van der Waals surface area contributed by atoms with Crippen molar-refractivity contribution in [2.45, 2.75) is 0 Å². The fourth-order valence-electron chi connectivity index (χ4n) is 1.29. The smallest absolute Gasteiger partial charge is 0.277 e. The lowest BCUT2D eigenvalue weighted by molar-refractivity contribution is 0.465. The Morgan fingerprint density at radius 2 is 2.17 bits per heavy atom. The highest BCUT2D eigenvalue weighted by molar-refractivity contribution is 5.59. The summed E-state index contributed by atoms with van der Waals surface area (Å²) in [6, 6.07) is 6.45. The van der Waals surface area contributed by atoms with E-state index in [2.05, 4.69) is 9.97 Å². The molecule has 5 N–H and O–H groups in total. The third kappa shape index (κ3) is 2.08. The molecule has 7 nitrogen and oxygen atoms in total. The monoisotopic (exact) mass is 243 g/mol. The van der Waals surface area contributed by atoms with Crippen LogP contribution in [0.5, 0.6) is 11.6 Å². The Morgan fingerprint density at radius 1 is 1.39 bits per heavy atom. The third-order valence-corrected chi connectivity index (χ3v) is 2.20. The van der Waals surface area contributed by atoms with Gasteiger partial charge in [-0.05, 0) is 18.2 Å². The van der Waals surface area contributed by atoms with Gasteiger partial charge in [0, 0.05) is 0 Å². The summed E-state index contributed by atoms with van der Waals surface area (Å²) < 4.78 is 5.33. The number of rotatable bonds is 2. The summed E-state index contributed by atoms with van der Waals surface area (Å²) in [7, 11) is 0. The minimum absolute atomic E-state index is 0.0323. The van der Waals surface area contributed by atoms with Gasteiger partial charge < -0.3 is 21.2 Å². The molecule has 0 saturated carbocycles. The van der Waals surface area contributed by atoms with Crippen molar-refractivity contribution in [1.82, 2.24) is 9.97 Å². The molecule has 1 heterocycles. The summed E-state index contributed by atoms with van der Waals surface area (Å²) in [4.78, 5) is 17.3. The number of hydrogen-bond donors (Lipinski definition) is 3. The Hall–Kier alpha value is -3.01. The van der Waals surface area contributed by atoms with Crippen molar-refractivity contribution in [1.29, 1.82) is 5.26 Å². The first-order valence-electron chi connectivity index (χ1n) is 4.92. The quantitative estimate of drug-likeness (QED) is 0.662. The second-order valence-corrected chi connectivity index (χ2v) is 3.42. The summed E-state index contributed by atoms with van der Waals surface area (Å²) in [6.45, 7) is 0. The number of aromatic nitrogens is 2. The largest absolute Gasteiger partial charge is 0.435 e. The maximum Gasteiger partial charge on any atom is 0.277 e. The van der Waals surface area contributed by atoms with Crippen molar-refractivity contribution < 1.29 is 4.74 Å². The SMILES string of the molecule is N#Cc1ccc(Oc2nc[nH]c(=O)c2N)c(N)c1. The van der Waals surface area contributed by atoms with Crippen LogP contribution in [0, 0.1) is 11.3 Å². The second-order valence-electron chi connectivity index (χ2n) is 3.42. The molecule has 1 aromatic heterocycles. The van der Waals surface area contributed by atoms with Gasteiger partial charge in [-0.1, -0.05) is 0 Å². The van der Waals surface area contributed by atoms with Gasteiger partial charge in [0.1, 0.15) is 0 Å². The molecule has 0 spiro atoms. The number of H-pyrrole nitrogens is 1. The van der Waals surface area contributed by atoms with E-state index in [1.54, 1.807) is 0 Å². The number of nitrogens with two attached hydrogens (primary N) is 2. The van der Waals surface area contributed by atoms with Gasteiger partial charge in [0.05, 0.1) is 23.6 Å². The van der Waals surface area contributed by atoms with Gasteiger partial charge >= 0.3 is 0 Å². The summed E-state index contributed by atoms with van der Waals surface area (Å²) in [5.41, 5.74) is 11.3. The van der Waals surface area contributed by atoms with E-state index in [9.17, 15) is 4.79 Å². The molecule has 0 atom stereocenters. The Morgan fingerprint density at radius 3 is 2.83 bits per heavy atom. The van der Waals surface area contributed by atoms with E-state index < -0.39 is 5.56 Å². The lowest BCUT2D eigenvalue weighted by Gasteiger charge is -2.08. The molecule has 0 aliphatic rings. The molecule has 2 aromatic rings. The number of nitrogen functional groups attached to an aromatic ring is 2. The number of nitrogens with zero attached hydrogens (tertiary/aromatic N) is 2. The van der Waals surface area contributed by atoms with Crippen LogP contribution in [-0.2, 0) is 0 Å². The lowest BCUT2D eigenvalue weighted by Crippen LogP contribution is -2.13. The van der Waals surface area contributed by atoms with Crippen LogP contribution in [0.25, 0.3) is 0 Å². The number of nitrogens with one attached hydrogen (secondary N) is 1. The van der Waals surface area contributed by atoms with Crippen molar-refractivity contribution in [2.75, 3.05) is 11.5 Å². The van der Waals surface area contributed by atoms with E-state index in [0.717, 1.165) is 0 Å². The molecule has 1 aromatic carbocycles. The van der Waals surface area contributed by atoms with Crippen molar-refractivity contribution in [3.8, 4) is 17.7 Å². The summed E-state index contributed by atoms with van der Waals surface area (Å²) in [5, 5.41) is 8.70. The summed E-state index contributed by atoms with van der Waals surface area (Å²) >= 11 is 0. The van der Waals surface area contributed by atoms with E-state index in [-0.39, 0.29) is 23.0 Å². The first kappa shape index (κ1) is 11.5. The lowest BCUT2D eigenvalue weighted by atomic mass is 10.2. The fourth-order valence-corrected chi connectivity index (χ4v) is 1.29. The molecule has 0 aliphatic carbocycles. The average Bonchev–Trinajstić information content (AvgIpc) is 2.37. The molecule has 0 amide bonds. The maximum absolute atomic E-state index is 11.2. The summed E-state index contributed by atoms with van der Waals surface area (Å²) in [5.74, 6) is 0.244. The maximum atomic E-state index is 11.2. The second kappa shape index (κ2) is 4.47. The fraction of sp³-hybridized carbons (Fsp3) is 0. The van der Waals surface area contributed by atoms with Gasteiger partial charge in [0.25, 0.3) is 5.56 Å². The van der Waals surface area contributed by atoms with Crippen LogP contribution in [0.2, 0.25) is 0 Å². The number of nitriles is 1. The van der Waals surface area contributed by atoms with Gasteiger partial charge in [0.2, 0.25) is 5.88 Å². The van der Waals surface area contributed by atoms with Gasteiger partial charge in [0.15, 0.2) is 11.4 Å². The van der Waals surface area contributed by atoms with Crippen LogP contribution in [0.1, 0.15) is 5.56 Å². The van der Waals surface area contributed by atoms with Gasteiger partial charge in [-0.3, -0.25) is 4.79 Å². The molecule has 2 rings (SSSR count). The molecule has 0 aliphatic heterocycles. The highest BCUT2D eigenvalue weighted by Gasteiger charge is 2.09. The zero-order valence-electron chi connectivity index (χ0n) is 9.18. The van der Waals surface area contributed by atoms with E-state index >= 15 is 0 Å². The molecular formula is C11H9N5O2. The van der Waals surface area contributed by atoms with Gasteiger partial charge in [-0.25, -0.2) is 4.98 Å². The van der Waals surface area contributed by atoms with E-state index in [4.69, 9.17) is 21.5 Å². The van der Waals surface area contributed by atoms with Crippen LogP contribution in [0.3, 0.4) is 0 Å². The van der Waals surface area contributed by atoms with Crippen molar-refractivity contribution in [3.05, 3.63) is 40.4 Å². The molecule has 0 fully saturated rings. The zero-order chi connectivity index (χ0) is 13.1. The number of ether oxygens (including phenoxy) is 1. The Bertz CT molecular complexity index is 687. The number of benzene rings is 1. The molecule has 7 heteroatoms. The Labute approximate surface area is 102 Å². The van der Waals surface area contributed by atoms with E-state index in [1.165, 1.54) is 24.5 Å². The van der Waals surface area contributed by atoms with Crippen LogP contribution >= 0.6 is 0 Å². The molecule has 18 heavy (non-hydrogen) atoms. The van der Waals surface area contributed by atoms with E-state index in [1.807, 2.05) is 6.07 Å². The summed E-state index contributed by atoms with van der Waals surface area (Å²) in [6.07, 6.45) is 1.17. The molecule has 90 valence electrons. The van der Waals surface area contributed by atoms with E-state index in [0.29, 0.717) is 5.56 Å². The average molecular weight is 243 g/mol. The molecular weight excluding hydrogens is 234 g/mol. The Kier molecular flexibility index (Phi) is 2.85. The van der Waals surface area contributed by atoms with Gasteiger partial charge in [-0.2, -0.15) is 5.26 Å². The van der Waals surface area contributed by atoms with Crippen LogP contribution < -0.4 is 21.8 Å². The first-order valence-corrected chi connectivity index (χ1v) is 4.92. The predicted octanol–water partition coefficient (Wildman–Crippen LogP) is 0.598. The zero-order valence-corrected chi connectivity index (χ0v) is 9.18. The molecule has 0 unspecified atom stereocenters. The number of anilines is 2. The predicted molar refractivity (Wildman–Crippen MR) is 64.9 cm³/mol. The number of hydrogen-bond acceptors (Lipinski definition) is 6. The van der Waals surface area contributed by atoms with Crippen LogP contribution in [0.15, 0.2) is 29.3 Å². The topological polar surface area (TPSA) is 131 Å². The third-order valence-electron chi connectivity index (χ3n) is 2.20. The molecule has 0 bridgehead atoms. The number of aromatic amines is 1. The van der Waals surface area contributed by atoms with Crippen LogP contribution in [-0.4, -0.2) is 9.97 Å². The minimum Gasteiger partial charge on any atom is -0.435 e. The van der Waals surface area contributed by atoms with Crippen molar-refractivity contribution >= 4 is 11.4 Å². The van der Waals surface area contributed by atoms with Crippen LogP contribution in [0.4, 0.5) is 11.4 Å².